The summed E-state index contributed by atoms with van der Waals surface area (Å²) in [5.74, 6) is -1.82. The number of rotatable bonds is 3. The predicted octanol–water partition coefficient (Wildman–Crippen LogP) is -0.717. The zero-order chi connectivity index (χ0) is 14.9. The predicted molar refractivity (Wildman–Crippen MR) is 68.5 cm³/mol. The fourth-order valence-electron chi connectivity index (χ4n) is 1.95. The second-order valence-electron chi connectivity index (χ2n) is 4.30. The first-order valence-corrected chi connectivity index (χ1v) is 7.22. The van der Waals surface area contributed by atoms with E-state index in [1.807, 2.05) is 0 Å². The van der Waals surface area contributed by atoms with E-state index in [4.69, 9.17) is 16.2 Å². The Labute approximate surface area is 115 Å². The number of hydrogen-bond acceptors (Lipinski definition) is 5. The number of benzene rings is 1. The zero-order valence-corrected chi connectivity index (χ0v) is 11.3. The number of nitrogens with zero attached hydrogens (tertiary/aromatic N) is 1. The minimum atomic E-state index is -4.18. The Hall–Kier alpha value is -1.71. The van der Waals surface area contributed by atoms with Crippen molar-refractivity contribution < 1.29 is 22.3 Å². The van der Waals surface area contributed by atoms with Crippen LogP contribution in [0.4, 0.5) is 10.1 Å². The van der Waals surface area contributed by atoms with E-state index in [1.54, 1.807) is 0 Å². The van der Waals surface area contributed by atoms with Gasteiger partial charge in [0.1, 0.15) is 16.8 Å². The number of morpholine rings is 1. The van der Waals surface area contributed by atoms with Crippen molar-refractivity contribution in [3.05, 3.63) is 24.0 Å². The lowest BCUT2D eigenvalue weighted by molar-refractivity contribution is -0.125. The van der Waals surface area contributed by atoms with Gasteiger partial charge in [-0.05, 0) is 18.2 Å². The van der Waals surface area contributed by atoms with E-state index in [2.05, 4.69) is 0 Å². The molecule has 7 nitrogen and oxygen atoms in total. The molecule has 1 unspecified atom stereocenters. The van der Waals surface area contributed by atoms with Gasteiger partial charge in [0.05, 0.1) is 13.2 Å². The molecule has 0 radical (unpaired) electrons. The molecule has 2 rings (SSSR count). The van der Waals surface area contributed by atoms with Crippen LogP contribution in [0, 0.1) is 5.82 Å². The molecule has 1 aromatic carbocycles. The Morgan fingerprint density at radius 1 is 1.45 bits per heavy atom. The maximum absolute atomic E-state index is 13.8. The van der Waals surface area contributed by atoms with E-state index in [-0.39, 0.29) is 25.4 Å². The van der Waals surface area contributed by atoms with Crippen molar-refractivity contribution in [3.8, 4) is 0 Å². The largest absolute Gasteiger partial charge is 0.399 e. The molecular weight excluding hydrogens is 289 g/mol. The van der Waals surface area contributed by atoms with Crippen molar-refractivity contribution in [1.29, 1.82) is 0 Å². The quantitative estimate of drug-likeness (QED) is 0.715. The Morgan fingerprint density at radius 2 is 2.15 bits per heavy atom. The lowest BCUT2D eigenvalue weighted by Gasteiger charge is -2.32. The number of amides is 1. The molecular formula is C11H14FN3O4S. The van der Waals surface area contributed by atoms with Gasteiger partial charge in [-0.1, -0.05) is 0 Å². The second-order valence-corrected chi connectivity index (χ2v) is 6.16. The van der Waals surface area contributed by atoms with Gasteiger partial charge in [0, 0.05) is 12.2 Å². The van der Waals surface area contributed by atoms with Crippen LogP contribution >= 0.6 is 0 Å². The standard InChI is InChI=1S/C11H14FN3O4S/c12-8-5-7(13)1-2-10(8)20(17,18)15-3-4-19-6-9(15)11(14)16/h1-2,5,9H,3-4,6,13H2,(H2,14,16). The van der Waals surface area contributed by atoms with Gasteiger partial charge in [0.2, 0.25) is 15.9 Å². The highest BCUT2D eigenvalue weighted by atomic mass is 32.2. The number of nitrogens with two attached hydrogens (primary N) is 2. The van der Waals surface area contributed by atoms with E-state index >= 15 is 0 Å². The van der Waals surface area contributed by atoms with E-state index in [0.717, 1.165) is 16.4 Å². The first-order chi connectivity index (χ1) is 9.34. The van der Waals surface area contributed by atoms with Crippen molar-refractivity contribution in [2.75, 3.05) is 25.5 Å². The summed E-state index contributed by atoms with van der Waals surface area (Å²) in [7, 11) is -4.18. The van der Waals surface area contributed by atoms with Gasteiger partial charge in [-0.3, -0.25) is 4.79 Å². The van der Waals surface area contributed by atoms with Gasteiger partial charge in [0.15, 0.2) is 0 Å². The molecule has 0 aliphatic carbocycles. The number of primary amides is 1. The summed E-state index contributed by atoms with van der Waals surface area (Å²) < 4.78 is 44.5. The average Bonchev–Trinajstić information content (AvgIpc) is 2.38. The van der Waals surface area contributed by atoms with Gasteiger partial charge < -0.3 is 16.2 Å². The maximum Gasteiger partial charge on any atom is 0.246 e. The molecule has 1 atom stereocenters. The van der Waals surface area contributed by atoms with Crippen molar-refractivity contribution >= 4 is 21.6 Å². The molecule has 0 bridgehead atoms. The number of carbonyl (C=O) groups excluding carboxylic acids is 1. The number of nitrogen functional groups attached to an aromatic ring is 1. The summed E-state index contributed by atoms with van der Waals surface area (Å²) in [6.45, 7) is -0.107. The van der Waals surface area contributed by atoms with Gasteiger partial charge in [-0.15, -0.1) is 0 Å². The molecule has 1 heterocycles. The van der Waals surface area contributed by atoms with Crippen LogP contribution in [0.1, 0.15) is 0 Å². The fraction of sp³-hybridized carbons (Fsp3) is 0.364. The third-order valence-electron chi connectivity index (χ3n) is 2.95. The van der Waals surface area contributed by atoms with Gasteiger partial charge >= 0.3 is 0 Å². The summed E-state index contributed by atoms with van der Waals surface area (Å²) in [5.41, 5.74) is 10.6. The molecule has 1 saturated heterocycles. The molecule has 4 N–H and O–H groups in total. The molecule has 1 aliphatic heterocycles. The Morgan fingerprint density at radius 3 is 2.75 bits per heavy atom. The topological polar surface area (TPSA) is 116 Å². The SMILES string of the molecule is NC(=O)C1COCCN1S(=O)(=O)c1ccc(N)cc1F. The molecule has 0 saturated carbocycles. The second kappa shape index (κ2) is 5.35. The van der Waals surface area contributed by atoms with Crippen molar-refractivity contribution in [2.45, 2.75) is 10.9 Å². The maximum atomic E-state index is 13.8. The zero-order valence-electron chi connectivity index (χ0n) is 10.5. The summed E-state index contributed by atoms with van der Waals surface area (Å²) in [6, 6.07) is 2.10. The average molecular weight is 303 g/mol. The molecule has 1 fully saturated rings. The molecule has 0 spiro atoms. The minimum absolute atomic E-state index is 0.0697. The van der Waals surface area contributed by atoms with Crippen LogP contribution in [0.2, 0.25) is 0 Å². The molecule has 20 heavy (non-hydrogen) atoms. The van der Waals surface area contributed by atoms with Crippen molar-refractivity contribution in [2.24, 2.45) is 5.73 Å². The first-order valence-electron chi connectivity index (χ1n) is 5.78. The highest BCUT2D eigenvalue weighted by Gasteiger charge is 2.38. The Bertz CT molecular complexity index is 635. The van der Waals surface area contributed by atoms with Crippen LogP contribution in [-0.4, -0.2) is 44.4 Å². The van der Waals surface area contributed by atoms with E-state index in [9.17, 15) is 17.6 Å². The first kappa shape index (κ1) is 14.7. The lowest BCUT2D eigenvalue weighted by atomic mass is 10.3. The van der Waals surface area contributed by atoms with E-state index in [0.29, 0.717) is 0 Å². The summed E-state index contributed by atoms with van der Waals surface area (Å²) >= 11 is 0. The number of carbonyl (C=O) groups is 1. The van der Waals surface area contributed by atoms with Crippen LogP contribution in [0.15, 0.2) is 23.1 Å². The molecule has 9 heteroatoms. The van der Waals surface area contributed by atoms with Gasteiger partial charge in [0.25, 0.3) is 0 Å². The monoisotopic (exact) mass is 303 g/mol. The summed E-state index contributed by atoms with van der Waals surface area (Å²) in [5, 5.41) is 0. The lowest BCUT2D eigenvalue weighted by Crippen LogP contribution is -2.54. The highest BCUT2D eigenvalue weighted by Crippen LogP contribution is 2.24. The number of sulfonamides is 1. The smallest absolute Gasteiger partial charge is 0.246 e. The molecule has 1 aromatic rings. The molecule has 0 aromatic heterocycles. The van der Waals surface area contributed by atoms with Crippen molar-refractivity contribution in [3.63, 3.8) is 0 Å². The normalized spacial score (nSPS) is 20.8. The number of hydrogen-bond donors (Lipinski definition) is 2. The minimum Gasteiger partial charge on any atom is -0.399 e. The summed E-state index contributed by atoms with van der Waals surface area (Å²) in [6.07, 6.45) is 0. The highest BCUT2D eigenvalue weighted by molar-refractivity contribution is 7.89. The van der Waals surface area contributed by atoms with E-state index < -0.39 is 32.7 Å². The van der Waals surface area contributed by atoms with Crippen LogP contribution in [0.5, 0.6) is 0 Å². The third-order valence-corrected chi connectivity index (χ3v) is 4.89. The van der Waals surface area contributed by atoms with Crippen LogP contribution in [0.3, 0.4) is 0 Å². The Balaban J connectivity index is 2.45. The molecule has 110 valence electrons. The van der Waals surface area contributed by atoms with E-state index in [1.165, 1.54) is 6.07 Å². The van der Waals surface area contributed by atoms with Gasteiger partial charge in [-0.2, -0.15) is 4.31 Å². The van der Waals surface area contributed by atoms with Crippen LogP contribution < -0.4 is 11.5 Å². The van der Waals surface area contributed by atoms with Crippen LogP contribution in [0.25, 0.3) is 0 Å². The number of halogens is 1. The molecule has 1 amide bonds. The fourth-order valence-corrected chi connectivity index (χ4v) is 3.57. The third kappa shape index (κ3) is 2.60. The van der Waals surface area contributed by atoms with Gasteiger partial charge in [-0.25, -0.2) is 12.8 Å². The molecule has 1 aliphatic rings. The Kier molecular flexibility index (Phi) is 3.93. The van der Waals surface area contributed by atoms with Crippen LogP contribution in [-0.2, 0) is 19.6 Å². The number of anilines is 1. The van der Waals surface area contributed by atoms with Crippen molar-refractivity contribution in [1.82, 2.24) is 4.31 Å². The number of ether oxygens (including phenoxy) is 1. The summed E-state index contributed by atoms with van der Waals surface area (Å²) in [4.78, 5) is 10.8.